The molecule has 0 saturated carbocycles. The van der Waals surface area contributed by atoms with Crippen LogP contribution < -0.4 is 4.90 Å². The normalized spacial score (nSPS) is 17.9. The molecule has 4 nitrogen and oxygen atoms in total. The molecule has 152 valence electrons. The quantitative estimate of drug-likeness (QED) is 0.494. The fourth-order valence-electron chi connectivity index (χ4n) is 2.70. The number of hydrogen-bond acceptors (Lipinski definition) is 3. The van der Waals surface area contributed by atoms with E-state index in [0.717, 1.165) is 0 Å². The van der Waals surface area contributed by atoms with E-state index in [-0.39, 0.29) is 18.0 Å². The van der Waals surface area contributed by atoms with Crippen molar-refractivity contribution in [2.24, 2.45) is 0 Å². The Hall–Kier alpha value is -2.56. The fraction of sp³-hybridized carbons (Fsp3) is 0.357. The lowest BCUT2D eigenvalue weighted by atomic mass is 9.96. The number of halogens is 9. The highest BCUT2D eigenvalue weighted by atomic mass is 32.1. The molecule has 28 heavy (non-hydrogen) atoms. The van der Waals surface area contributed by atoms with Gasteiger partial charge in [0.15, 0.2) is 5.11 Å². The van der Waals surface area contributed by atoms with Gasteiger partial charge in [-0.3, -0.25) is 9.69 Å². The molecule has 0 aliphatic carbocycles. The SMILES string of the molecule is CN1C(=S)N(c2ccc(C#N)c(C(F)(F)F)c2)C(=O)C1(C(F)(F)F)C(F)(F)F. The lowest BCUT2D eigenvalue weighted by Gasteiger charge is -2.36. The lowest BCUT2D eigenvalue weighted by molar-refractivity contribution is -0.309. The largest absolute Gasteiger partial charge is 0.430 e. The van der Waals surface area contributed by atoms with E-state index in [1.807, 2.05) is 0 Å². The number of likely N-dealkylation sites (N-methyl/N-ethyl adjacent to an activating group) is 1. The van der Waals surface area contributed by atoms with Crippen molar-refractivity contribution in [3.05, 3.63) is 29.3 Å². The maximum Gasteiger partial charge on any atom is 0.430 e. The molecule has 1 fully saturated rings. The van der Waals surface area contributed by atoms with Crippen molar-refractivity contribution in [1.82, 2.24) is 4.90 Å². The van der Waals surface area contributed by atoms with E-state index in [4.69, 9.17) is 5.26 Å². The first-order valence-corrected chi connectivity index (χ1v) is 7.29. The van der Waals surface area contributed by atoms with Gasteiger partial charge in [0.25, 0.3) is 5.91 Å². The van der Waals surface area contributed by atoms with Crippen LogP contribution in [-0.4, -0.2) is 40.9 Å². The predicted molar refractivity (Wildman–Crippen MR) is 78.8 cm³/mol. The van der Waals surface area contributed by atoms with Gasteiger partial charge in [0.1, 0.15) is 0 Å². The molecule has 1 aliphatic rings. The third-order valence-electron chi connectivity index (χ3n) is 4.00. The van der Waals surface area contributed by atoms with Crippen LogP contribution in [0.3, 0.4) is 0 Å². The molecular formula is C14H6F9N3OS. The number of amides is 1. The Morgan fingerprint density at radius 3 is 1.89 bits per heavy atom. The first-order valence-electron chi connectivity index (χ1n) is 6.89. The summed E-state index contributed by atoms with van der Waals surface area (Å²) in [5.41, 5.74) is -8.66. The summed E-state index contributed by atoms with van der Waals surface area (Å²) < 4.78 is 119. The molecule has 0 unspecified atom stereocenters. The van der Waals surface area contributed by atoms with Crippen LogP contribution in [0.25, 0.3) is 0 Å². The number of thiocarbonyl (C=S) groups is 1. The van der Waals surface area contributed by atoms with Crippen LogP contribution in [0.15, 0.2) is 18.2 Å². The summed E-state index contributed by atoms with van der Waals surface area (Å²) >= 11 is 4.49. The maximum absolute atomic E-state index is 13.4. The van der Waals surface area contributed by atoms with E-state index in [2.05, 4.69) is 12.2 Å². The van der Waals surface area contributed by atoms with E-state index in [0.29, 0.717) is 12.1 Å². The second-order valence-electron chi connectivity index (χ2n) is 5.53. The molecule has 14 heteroatoms. The van der Waals surface area contributed by atoms with Crippen LogP contribution in [0, 0.1) is 11.3 Å². The van der Waals surface area contributed by atoms with E-state index in [1.165, 1.54) is 6.07 Å². The number of hydrogen-bond donors (Lipinski definition) is 0. The first kappa shape index (κ1) is 21.7. The number of carbonyl (C=O) groups excluding carboxylic acids is 1. The van der Waals surface area contributed by atoms with Crippen LogP contribution in [-0.2, 0) is 11.0 Å². The average molecular weight is 435 g/mol. The van der Waals surface area contributed by atoms with E-state index in [9.17, 15) is 44.3 Å². The number of carbonyl (C=O) groups is 1. The number of alkyl halides is 9. The summed E-state index contributed by atoms with van der Waals surface area (Å²) in [4.78, 5) is 11.4. The summed E-state index contributed by atoms with van der Waals surface area (Å²) in [7, 11) is 0.259. The Morgan fingerprint density at radius 1 is 1.04 bits per heavy atom. The van der Waals surface area contributed by atoms with Gasteiger partial charge in [-0.1, -0.05) is 0 Å². The number of anilines is 1. The van der Waals surface area contributed by atoms with Crippen molar-refractivity contribution in [2.45, 2.75) is 24.1 Å². The summed E-state index contributed by atoms with van der Waals surface area (Å²) in [6, 6.07) is 2.37. The van der Waals surface area contributed by atoms with Gasteiger partial charge in [-0.05, 0) is 30.4 Å². The zero-order valence-corrected chi connectivity index (χ0v) is 14.1. The number of nitrogens with zero attached hydrogens (tertiary/aromatic N) is 3. The van der Waals surface area contributed by atoms with Crippen LogP contribution in [0.4, 0.5) is 45.2 Å². The predicted octanol–water partition coefficient (Wildman–Crippen LogP) is 4.00. The molecule has 1 amide bonds. The van der Waals surface area contributed by atoms with Gasteiger partial charge in [0, 0.05) is 7.05 Å². The fourth-order valence-corrected chi connectivity index (χ4v) is 3.03. The highest BCUT2D eigenvalue weighted by Crippen LogP contribution is 2.52. The Balaban J connectivity index is 2.75. The lowest BCUT2D eigenvalue weighted by Crippen LogP contribution is -2.68. The van der Waals surface area contributed by atoms with Gasteiger partial charge in [-0.2, -0.15) is 44.8 Å². The van der Waals surface area contributed by atoms with Crippen molar-refractivity contribution in [3.63, 3.8) is 0 Å². The van der Waals surface area contributed by atoms with Crippen molar-refractivity contribution < 1.29 is 44.3 Å². The van der Waals surface area contributed by atoms with Gasteiger partial charge in [0.2, 0.25) is 0 Å². The second-order valence-corrected chi connectivity index (χ2v) is 5.89. The third kappa shape index (κ3) is 2.84. The molecule has 0 aromatic heterocycles. The van der Waals surface area contributed by atoms with E-state index < -0.39 is 56.8 Å². The first-order chi connectivity index (χ1) is 12.5. The van der Waals surface area contributed by atoms with Crippen LogP contribution in [0.2, 0.25) is 0 Å². The minimum absolute atomic E-state index is 0.0828. The van der Waals surface area contributed by atoms with Gasteiger partial charge in [-0.15, -0.1) is 0 Å². The summed E-state index contributed by atoms with van der Waals surface area (Å²) in [6.07, 6.45) is -17.5. The molecule has 0 bridgehead atoms. The van der Waals surface area contributed by atoms with E-state index >= 15 is 0 Å². The Bertz CT molecular complexity index is 868. The van der Waals surface area contributed by atoms with Gasteiger partial charge in [-0.25, -0.2) is 0 Å². The summed E-state index contributed by atoms with van der Waals surface area (Å²) in [5.74, 6) is -2.63. The Kier molecular flexibility index (Phi) is 4.83. The molecule has 1 heterocycles. The molecule has 2 rings (SSSR count). The number of nitriles is 1. The molecule has 0 radical (unpaired) electrons. The van der Waals surface area contributed by atoms with Crippen molar-refractivity contribution in [1.29, 1.82) is 5.26 Å². The van der Waals surface area contributed by atoms with Crippen molar-refractivity contribution in [2.75, 3.05) is 11.9 Å². The minimum Gasteiger partial charge on any atom is -0.322 e. The third-order valence-corrected chi connectivity index (χ3v) is 4.46. The molecular weight excluding hydrogens is 429 g/mol. The molecule has 0 spiro atoms. The van der Waals surface area contributed by atoms with Crippen LogP contribution in [0.1, 0.15) is 11.1 Å². The molecule has 1 saturated heterocycles. The number of benzene rings is 1. The summed E-state index contributed by atoms with van der Waals surface area (Å²) in [6.45, 7) is 0. The minimum atomic E-state index is -6.19. The molecule has 1 aromatic rings. The molecule has 1 aromatic carbocycles. The molecule has 0 N–H and O–H groups in total. The Morgan fingerprint density at radius 2 is 1.54 bits per heavy atom. The average Bonchev–Trinajstić information content (AvgIpc) is 2.72. The number of rotatable bonds is 1. The second kappa shape index (κ2) is 6.23. The van der Waals surface area contributed by atoms with Gasteiger partial charge >= 0.3 is 24.1 Å². The van der Waals surface area contributed by atoms with Crippen molar-refractivity contribution >= 4 is 28.9 Å². The van der Waals surface area contributed by atoms with Crippen LogP contribution >= 0.6 is 12.2 Å². The monoisotopic (exact) mass is 435 g/mol. The summed E-state index contributed by atoms with van der Waals surface area (Å²) in [5, 5.41) is 7.41. The Labute approximate surface area is 155 Å². The van der Waals surface area contributed by atoms with E-state index in [1.54, 1.807) is 0 Å². The van der Waals surface area contributed by atoms with Gasteiger partial charge < -0.3 is 4.90 Å². The van der Waals surface area contributed by atoms with Crippen LogP contribution in [0.5, 0.6) is 0 Å². The molecule has 1 aliphatic heterocycles. The standard InChI is InChI=1S/C14H6F9N3OS/c1-25-10(28)26(9(27)11(25,13(18,19)20)14(21,22)23)7-3-2-6(5-24)8(4-7)12(15,16)17/h2-4H,1H3. The smallest absolute Gasteiger partial charge is 0.322 e. The highest BCUT2D eigenvalue weighted by Gasteiger charge is 2.82. The zero-order valence-electron chi connectivity index (χ0n) is 13.3. The topological polar surface area (TPSA) is 47.3 Å². The zero-order chi connectivity index (χ0) is 21.9. The van der Waals surface area contributed by atoms with Gasteiger partial charge in [0.05, 0.1) is 22.9 Å². The van der Waals surface area contributed by atoms with Crippen molar-refractivity contribution in [3.8, 4) is 6.07 Å². The molecule has 0 atom stereocenters. The maximum atomic E-state index is 13.4. The highest BCUT2D eigenvalue weighted by molar-refractivity contribution is 7.80.